The van der Waals surface area contributed by atoms with Gasteiger partial charge in [0.25, 0.3) is 0 Å². The van der Waals surface area contributed by atoms with E-state index in [9.17, 15) is 9.90 Å². The van der Waals surface area contributed by atoms with Crippen molar-refractivity contribution < 1.29 is 14.6 Å². The normalized spacial score (nSPS) is 13.9. The Morgan fingerprint density at radius 1 is 1.25 bits per heavy atom. The number of aromatic hydroxyl groups is 1. The topological polar surface area (TPSA) is 46.5 Å². The Labute approximate surface area is 132 Å². The van der Waals surface area contributed by atoms with Crippen molar-refractivity contribution in [2.45, 2.75) is 30.3 Å². The lowest BCUT2D eigenvalue weighted by Crippen LogP contribution is -2.29. The van der Waals surface area contributed by atoms with Crippen molar-refractivity contribution >= 4 is 39.3 Å². The molecule has 1 N–H and O–H groups in total. The van der Waals surface area contributed by atoms with E-state index in [0.717, 1.165) is 22.8 Å². The maximum Gasteiger partial charge on any atom is 0.322 e. The van der Waals surface area contributed by atoms with Gasteiger partial charge in [0, 0.05) is 0 Å². The van der Waals surface area contributed by atoms with E-state index in [-0.39, 0.29) is 18.3 Å². The van der Waals surface area contributed by atoms with Crippen LogP contribution in [0.15, 0.2) is 36.4 Å². The SMILES string of the molecule is CCC(C)(I)C(=O)OCc1ccc2cc(O)ccc2c1. The zero-order valence-electron chi connectivity index (χ0n) is 11.5. The lowest BCUT2D eigenvalue weighted by Gasteiger charge is -2.18. The number of hydrogen-bond donors (Lipinski definition) is 1. The highest BCUT2D eigenvalue weighted by Crippen LogP contribution is 2.25. The highest BCUT2D eigenvalue weighted by molar-refractivity contribution is 14.1. The summed E-state index contributed by atoms with van der Waals surface area (Å²) in [6, 6.07) is 11.0. The minimum absolute atomic E-state index is 0.189. The second-order valence-electron chi connectivity index (χ2n) is 4.99. The third kappa shape index (κ3) is 3.42. The number of ether oxygens (including phenoxy) is 1. The molecule has 0 radical (unpaired) electrons. The van der Waals surface area contributed by atoms with Gasteiger partial charge in [-0.25, -0.2) is 0 Å². The van der Waals surface area contributed by atoms with Gasteiger partial charge in [0.2, 0.25) is 0 Å². The fourth-order valence-electron chi connectivity index (χ4n) is 1.82. The lowest BCUT2D eigenvalue weighted by molar-refractivity contribution is -0.146. The predicted molar refractivity (Wildman–Crippen MR) is 88.1 cm³/mol. The number of alkyl halides is 1. The molecule has 1 atom stereocenters. The fourth-order valence-corrected chi connectivity index (χ4v) is 1.97. The van der Waals surface area contributed by atoms with Crippen molar-refractivity contribution in [1.29, 1.82) is 0 Å². The van der Waals surface area contributed by atoms with Gasteiger partial charge in [0.15, 0.2) is 0 Å². The number of hydrogen-bond acceptors (Lipinski definition) is 3. The summed E-state index contributed by atoms with van der Waals surface area (Å²) in [6.07, 6.45) is 0.739. The van der Waals surface area contributed by atoms with Crippen LogP contribution in [0.25, 0.3) is 10.8 Å². The van der Waals surface area contributed by atoms with Crippen molar-refractivity contribution in [2.75, 3.05) is 0 Å². The van der Waals surface area contributed by atoms with Crippen molar-refractivity contribution in [3.8, 4) is 5.75 Å². The van der Waals surface area contributed by atoms with Crippen LogP contribution in [0.1, 0.15) is 25.8 Å². The molecule has 2 rings (SSSR count). The van der Waals surface area contributed by atoms with E-state index < -0.39 is 3.42 Å². The molecule has 0 amide bonds. The second-order valence-corrected chi connectivity index (χ2v) is 7.37. The molecule has 20 heavy (non-hydrogen) atoms. The summed E-state index contributed by atoms with van der Waals surface area (Å²) in [5.74, 6) is 0.0618. The smallest absolute Gasteiger partial charge is 0.322 e. The van der Waals surface area contributed by atoms with Gasteiger partial charge in [-0.1, -0.05) is 47.7 Å². The number of halogens is 1. The first-order chi connectivity index (χ1) is 9.42. The fraction of sp³-hybridized carbons (Fsp3) is 0.312. The second kappa shape index (κ2) is 5.99. The molecular weight excluding hydrogens is 367 g/mol. The largest absolute Gasteiger partial charge is 0.508 e. The van der Waals surface area contributed by atoms with Crippen LogP contribution >= 0.6 is 22.6 Å². The van der Waals surface area contributed by atoms with Crippen LogP contribution in [0.5, 0.6) is 5.75 Å². The number of phenolic OH excluding ortho intramolecular Hbond substituents is 1. The van der Waals surface area contributed by atoms with Crippen molar-refractivity contribution in [3.63, 3.8) is 0 Å². The van der Waals surface area contributed by atoms with E-state index in [1.807, 2.05) is 38.1 Å². The van der Waals surface area contributed by atoms with Gasteiger partial charge in [0.05, 0.1) is 0 Å². The lowest BCUT2D eigenvalue weighted by atomic mass is 10.1. The number of esters is 1. The molecule has 0 saturated carbocycles. The standard InChI is InChI=1S/C16H17IO3/c1-3-16(2,17)15(19)20-10-11-4-5-13-9-14(18)7-6-12(13)8-11/h4-9,18H,3,10H2,1-2H3. The molecule has 0 saturated heterocycles. The summed E-state index contributed by atoms with van der Waals surface area (Å²) in [4.78, 5) is 11.9. The first-order valence-electron chi connectivity index (χ1n) is 6.50. The molecule has 106 valence electrons. The average molecular weight is 384 g/mol. The summed E-state index contributed by atoms with van der Waals surface area (Å²) >= 11 is 2.12. The Kier molecular flexibility index (Phi) is 4.52. The maximum atomic E-state index is 11.9. The molecule has 1 unspecified atom stereocenters. The molecule has 0 spiro atoms. The molecule has 0 aliphatic rings. The van der Waals surface area contributed by atoms with Crippen molar-refractivity contribution in [2.24, 2.45) is 0 Å². The van der Waals surface area contributed by atoms with E-state index >= 15 is 0 Å². The van der Waals surface area contributed by atoms with E-state index in [1.54, 1.807) is 12.1 Å². The Morgan fingerprint density at radius 3 is 2.60 bits per heavy atom. The van der Waals surface area contributed by atoms with Gasteiger partial charge < -0.3 is 9.84 Å². The first kappa shape index (κ1) is 15.1. The highest BCUT2D eigenvalue weighted by atomic mass is 127. The summed E-state index contributed by atoms with van der Waals surface area (Å²) in [6.45, 7) is 4.11. The number of benzene rings is 2. The van der Waals surface area contributed by atoms with Crippen LogP contribution in [-0.4, -0.2) is 14.5 Å². The van der Waals surface area contributed by atoms with E-state index in [0.29, 0.717) is 0 Å². The molecule has 0 fully saturated rings. The summed E-state index contributed by atoms with van der Waals surface area (Å²) in [5.41, 5.74) is 0.944. The van der Waals surface area contributed by atoms with Gasteiger partial charge >= 0.3 is 5.97 Å². The molecular formula is C16H17IO3. The monoisotopic (exact) mass is 384 g/mol. The highest BCUT2D eigenvalue weighted by Gasteiger charge is 2.29. The van der Waals surface area contributed by atoms with Crippen LogP contribution in [0, 0.1) is 0 Å². The maximum absolute atomic E-state index is 11.9. The molecule has 4 heteroatoms. The minimum Gasteiger partial charge on any atom is -0.508 e. The Bertz CT molecular complexity index is 635. The molecule has 2 aromatic carbocycles. The van der Waals surface area contributed by atoms with Gasteiger partial charge in [0.1, 0.15) is 15.8 Å². The van der Waals surface area contributed by atoms with Crippen LogP contribution in [0.4, 0.5) is 0 Å². The summed E-state index contributed by atoms with van der Waals surface area (Å²) < 4.78 is 4.89. The van der Waals surface area contributed by atoms with Gasteiger partial charge in [-0.2, -0.15) is 0 Å². The average Bonchev–Trinajstić information content (AvgIpc) is 2.44. The number of rotatable bonds is 4. The predicted octanol–water partition coefficient (Wildman–Crippen LogP) is 4.19. The molecule has 2 aromatic rings. The quantitative estimate of drug-likeness (QED) is 0.489. The van der Waals surface area contributed by atoms with Gasteiger partial charge in [-0.3, -0.25) is 4.79 Å². The first-order valence-corrected chi connectivity index (χ1v) is 7.58. The third-order valence-electron chi connectivity index (χ3n) is 3.35. The van der Waals surface area contributed by atoms with E-state index in [4.69, 9.17) is 4.74 Å². The molecule has 0 bridgehead atoms. The zero-order chi connectivity index (χ0) is 14.8. The zero-order valence-corrected chi connectivity index (χ0v) is 13.7. The minimum atomic E-state index is -0.472. The van der Waals surface area contributed by atoms with Crippen molar-refractivity contribution in [3.05, 3.63) is 42.0 Å². The van der Waals surface area contributed by atoms with Gasteiger partial charge in [-0.15, -0.1) is 0 Å². The number of fused-ring (bicyclic) bond motifs is 1. The van der Waals surface area contributed by atoms with E-state index in [1.165, 1.54) is 0 Å². The van der Waals surface area contributed by atoms with Crippen molar-refractivity contribution in [1.82, 2.24) is 0 Å². The summed E-state index contributed by atoms with van der Waals surface area (Å²) in [5, 5.41) is 11.4. The van der Waals surface area contributed by atoms with Crippen LogP contribution in [0.2, 0.25) is 0 Å². The number of carbonyl (C=O) groups is 1. The van der Waals surface area contributed by atoms with E-state index in [2.05, 4.69) is 22.6 Å². The van der Waals surface area contributed by atoms with Crippen LogP contribution in [-0.2, 0) is 16.1 Å². The van der Waals surface area contributed by atoms with Crippen LogP contribution in [0.3, 0.4) is 0 Å². The molecule has 0 aliphatic carbocycles. The number of phenols is 1. The molecule has 3 nitrogen and oxygen atoms in total. The molecule has 0 aliphatic heterocycles. The third-order valence-corrected chi connectivity index (χ3v) is 4.55. The Hall–Kier alpha value is -1.30. The molecule has 0 aromatic heterocycles. The van der Waals surface area contributed by atoms with Gasteiger partial charge in [-0.05, 0) is 47.9 Å². The summed E-state index contributed by atoms with van der Waals surface area (Å²) in [7, 11) is 0. The number of carbonyl (C=O) groups excluding carboxylic acids is 1. The molecule has 0 heterocycles. The Morgan fingerprint density at radius 2 is 1.90 bits per heavy atom. The van der Waals surface area contributed by atoms with Crippen LogP contribution < -0.4 is 0 Å². The Balaban J connectivity index is 2.11.